The number of nitrogens with zero attached hydrogens (tertiary/aromatic N) is 1. The van der Waals surface area contributed by atoms with Gasteiger partial charge in [-0.15, -0.1) is 0 Å². The Bertz CT molecular complexity index is 566. The number of methoxy groups -OCH3 is 2. The third kappa shape index (κ3) is 2.08. The van der Waals surface area contributed by atoms with E-state index in [4.69, 9.17) is 19.2 Å². The summed E-state index contributed by atoms with van der Waals surface area (Å²) in [4.78, 5) is 0. The molecule has 2 rings (SSSR count). The summed E-state index contributed by atoms with van der Waals surface area (Å²) in [6.07, 6.45) is 0. The molecule has 0 amide bonds. The Hall–Kier alpha value is -2.41. The predicted molar refractivity (Wildman–Crippen MR) is 62.0 cm³/mol. The summed E-state index contributed by atoms with van der Waals surface area (Å²) < 4.78 is 15.7. The molecule has 0 atom stereocenters. The molecule has 0 N–H and O–H groups in total. The average molecular weight is 229 g/mol. The van der Waals surface area contributed by atoms with Crippen LogP contribution in [0.3, 0.4) is 0 Å². The molecule has 0 saturated carbocycles. The molecule has 2 aromatic rings. The van der Waals surface area contributed by atoms with Crippen molar-refractivity contribution in [1.82, 2.24) is 0 Å². The van der Waals surface area contributed by atoms with E-state index in [1.807, 2.05) is 12.1 Å². The molecule has 17 heavy (non-hydrogen) atoms. The second kappa shape index (κ2) is 4.62. The standard InChI is InChI=1S/C13H11NO3/c1-15-12-5-3-9(7-13(12)16-2)11-6-4-10(8-14)17-11/h3-7H,1-2H3. The van der Waals surface area contributed by atoms with Crippen molar-refractivity contribution < 1.29 is 13.9 Å². The van der Waals surface area contributed by atoms with Crippen molar-refractivity contribution in [2.45, 2.75) is 0 Å². The molecular weight excluding hydrogens is 218 g/mol. The molecule has 0 spiro atoms. The lowest BCUT2D eigenvalue weighted by molar-refractivity contribution is 0.355. The molecule has 86 valence electrons. The van der Waals surface area contributed by atoms with E-state index in [-0.39, 0.29) is 5.76 Å². The van der Waals surface area contributed by atoms with Gasteiger partial charge in [0, 0.05) is 5.56 Å². The van der Waals surface area contributed by atoms with Crippen LogP contribution in [-0.4, -0.2) is 14.2 Å². The topological polar surface area (TPSA) is 55.4 Å². The molecule has 0 aliphatic carbocycles. The monoisotopic (exact) mass is 229 g/mol. The molecule has 0 unspecified atom stereocenters. The van der Waals surface area contributed by atoms with Crippen molar-refractivity contribution >= 4 is 0 Å². The van der Waals surface area contributed by atoms with Crippen LogP contribution in [0.5, 0.6) is 11.5 Å². The Morgan fingerprint density at radius 1 is 1.06 bits per heavy atom. The Morgan fingerprint density at radius 2 is 1.82 bits per heavy atom. The molecule has 0 aliphatic rings. The zero-order valence-corrected chi connectivity index (χ0v) is 9.56. The normalized spacial score (nSPS) is 9.71. The first-order valence-corrected chi connectivity index (χ1v) is 5.01. The zero-order valence-electron chi connectivity index (χ0n) is 9.56. The number of nitriles is 1. The van der Waals surface area contributed by atoms with Crippen LogP contribution in [0.2, 0.25) is 0 Å². The van der Waals surface area contributed by atoms with Crippen LogP contribution in [0.1, 0.15) is 5.76 Å². The van der Waals surface area contributed by atoms with E-state index in [2.05, 4.69) is 0 Å². The van der Waals surface area contributed by atoms with Crippen LogP contribution in [0, 0.1) is 11.3 Å². The zero-order chi connectivity index (χ0) is 12.3. The Balaban J connectivity index is 2.43. The maximum Gasteiger partial charge on any atom is 0.204 e. The van der Waals surface area contributed by atoms with Gasteiger partial charge in [-0.05, 0) is 30.3 Å². The highest BCUT2D eigenvalue weighted by Gasteiger charge is 2.09. The average Bonchev–Trinajstić information content (AvgIpc) is 2.86. The van der Waals surface area contributed by atoms with Crippen molar-refractivity contribution in [2.75, 3.05) is 14.2 Å². The number of ether oxygens (including phenoxy) is 2. The van der Waals surface area contributed by atoms with E-state index >= 15 is 0 Å². The van der Waals surface area contributed by atoms with E-state index in [0.29, 0.717) is 17.3 Å². The largest absolute Gasteiger partial charge is 0.493 e. The molecule has 0 aliphatic heterocycles. The van der Waals surface area contributed by atoms with Gasteiger partial charge in [0.25, 0.3) is 0 Å². The summed E-state index contributed by atoms with van der Waals surface area (Å²) in [5.41, 5.74) is 0.837. The van der Waals surface area contributed by atoms with Gasteiger partial charge in [0.15, 0.2) is 11.5 Å². The smallest absolute Gasteiger partial charge is 0.204 e. The molecule has 0 radical (unpaired) electrons. The molecular formula is C13H11NO3. The minimum atomic E-state index is 0.287. The summed E-state index contributed by atoms with van der Waals surface area (Å²) in [6, 6.07) is 10.8. The van der Waals surface area contributed by atoms with Gasteiger partial charge in [0.2, 0.25) is 5.76 Å². The molecule has 1 heterocycles. The van der Waals surface area contributed by atoms with Crippen molar-refractivity contribution in [2.24, 2.45) is 0 Å². The summed E-state index contributed by atoms with van der Waals surface area (Å²) in [5.74, 6) is 2.19. The molecule has 0 saturated heterocycles. The Labute approximate surface area is 99.0 Å². The maximum atomic E-state index is 8.69. The maximum absolute atomic E-state index is 8.69. The van der Waals surface area contributed by atoms with Gasteiger partial charge in [0.05, 0.1) is 14.2 Å². The summed E-state index contributed by atoms with van der Waals surface area (Å²) in [5, 5.41) is 8.69. The van der Waals surface area contributed by atoms with E-state index < -0.39 is 0 Å². The van der Waals surface area contributed by atoms with Gasteiger partial charge < -0.3 is 13.9 Å². The highest BCUT2D eigenvalue weighted by molar-refractivity contribution is 5.63. The SMILES string of the molecule is COc1ccc(-c2ccc(C#N)o2)cc1OC. The number of rotatable bonds is 3. The first kappa shape index (κ1) is 11.1. The van der Waals surface area contributed by atoms with Crippen molar-refractivity contribution in [3.05, 3.63) is 36.1 Å². The lowest BCUT2D eigenvalue weighted by Crippen LogP contribution is -1.90. The van der Waals surface area contributed by atoms with E-state index in [9.17, 15) is 0 Å². The molecule has 4 heteroatoms. The van der Waals surface area contributed by atoms with Gasteiger partial charge in [-0.1, -0.05) is 0 Å². The lowest BCUT2D eigenvalue weighted by atomic mass is 10.1. The number of hydrogen-bond acceptors (Lipinski definition) is 4. The van der Waals surface area contributed by atoms with Gasteiger partial charge in [-0.2, -0.15) is 5.26 Å². The molecule has 0 fully saturated rings. The molecule has 1 aromatic heterocycles. The number of hydrogen-bond donors (Lipinski definition) is 0. The van der Waals surface area contributed by atoms with Gasteiger partial charge >= 0.3 is 0 Å². The summed E-state index contributed by atoms with van der Waals surface area (Å²) >= 11 is 0. The molecule has 4 nitrogen and oxygen atoms in total. The predicted octanol–water partition coefficient (Wildman–Crippen LogP) is 2.84. The van der Waals surface area contributed by atoms with Crippen LogP contribution < -0.4 is 9.47 Å². The fraction of sp³-hybridized carbons (Fsp3) is 0.154. The molecule has 0 bridgehead atoms. The third-order valence-electron chi connectivity index (χ3n) is 2.38. The van der Waals surface area contributed by atoms with E-state index in [0.717, 1.165) is 5.56 Å². The van der Waals surface area contributed by atoms with E-state index in [1.165, 1.54) is 0 Å². The van der Waals surface area contributed by atoms with Crippen LogP contribution >= 0.6 is 0 Å². The molecule has 1 aromatic carbocycles. The fourth-order valence-corrected chi connectivity index (χ4v) is 1.54. The first-order valence-electron chi connectivity index (χ1n) is 5.01. The third-order valence-corrected chi connectivity index (χ3v) is 2.38. The second-order valence-corrected chi connectivity index (χ2v) is 3.35. The minimum Gasteiger partial charge on any atom is -0.493 e. The van der Waals surface area contributed by atoms with E-state index in [1.54, 1.807) is 38.5 Å². The van der Waals surface area contributed by atoms with Crippen molar-refractivity contribution in [3.63, 3.8) is 0 Å². The fourth-order valence-electron chi connectivity index (χ4n) is 1.54. The van der Waals surface area contributed by atoms with Gasteiger partial charge in [0.1, 0.15) is 11.8 Å². The minimum absolute atomic E-state index is 0.287. The highest BCUT2D eigenvalue weighted by Crippen LogP contribution is 2.32. The summed E-state index contributed by atoms with van der Waals surface area (Å²) in [6.45, 7) is 0. The van der Waals surface area contributed by atoms with Gasteiger partial charge in [-0.3, -0.25) is 0 Å². The Morgan fingerprint density at radius 3 is 2.41 bits per heavy atom. The second-order valence-electron chi connectivity index (χ2n) is 3.35. The lowest BCUT2D eigenvalue weighted by Gasteiger charge is -2.08. The van der Waals surface area contributed by atoms with Crippen LogP contribution in [-0.2, 0) is 0 Å². The van der Waals surface area contributed by atoms with Crippen LogP contribution in [0.25, 0.3) is 11.3 Å². The van der Waals surface area contributed by atoms with Crippen molar-refractivity contribution in [1.29, 1.82) is 5.26 Å². The van der Waals surface area contributed by atoms with Gasteiger partial charge in [-0.25, -0.2) is 0 Å². The van der Waals surface area contributed by atoms with Crippen LogP contribution in [0.15, 0.2) is 34.7 Å². The summed E-state index contributed by atoms with van der Waals surface area (Å²) in [7, 11) is 3.16. The van der Waals surface area contributed by atoms with Crippen LogP contribution in [0.4, 0.5) is 0 Å². The van der Waals surface area contributed by atoms with Crippen molar-refractivity contribution in [3.8, 4) is 28.9 Å². The highest BCUT2D eigenvalue weighted by atomic mass is 16.5. The quantitative estimate of drug-likeness (QED) is 0.812. The number of furan rings is 1. The Kier molecular flexibility index (Phi) is 3.01. The number of benzene rings is 1. The first-order chi connectivity index (χ1) is 8.28.